The molecule has 1 aromatic heterocycles. The number of aryl methyl sites for hydroxylation is 1. The topological polar surface area (TPSA) is 29.6 Å². The van der Waals surface area contributed by atoms with Crippen molar-refractivity contribution in [2.24, 2.45) is 17.3 Å². The second kappa shape index (κ2) is 6.46. The van der Waals surface area contributed by atoms with Gasteiger partial charge in [-0.2, -0.15) is 10.2 Å². The third kappa shape index (κ3) is 3.29. The first-order valence-electron chi connectivity index (χ1n) is 6.71. The largest absolute Gasteiger partial charge is 0.350 e. The molecule has 22 heavy (non-hydrogen) atoms. The predicted molar refractivity (Wildman–Crippen MR) is 95.2 cm³/mol. The van der Waals surface area contributed by atoms with Crippen molar-refractivity contribution < 1.29 is 0 Å². The van der Waals surface area contributed by atoms with Gasteiger partial charge in [0.25, 0.3) is 0 Å². The fourth-order valence-corrected chi connectivity index (χ4v) is 2.78. The molecule has 0 aliphatic heterocycles. The summed E-state index contributed by atoms with van der Waals surface area (Å²) in [7, 11) is 1.98. The first kappa shape index (κ1) is 15.0. The van der Waals surface area contributed by atoms with Gasteiger partial charge >= 0.3 is 0 Å². The van der Waals surface area contributed by atoms with Crippen LogP contribution < -0.4 is 5.36 Å². The van der Waals surface area contributed by atoms with Gasteiger partial charge in [-0.1, -0.05) is 39.7 Å². The third-order valence-corrected chi connectivity index (χ3v) is 4.02. The van der Waals surface area contributed by atoms with Gasteiger partial charge in [0.15, 0.2) is 0 Å². The lowest BCUT2D eigenvalue weighted by Crippen LogP contribution is -2.06. The summed E-state index contributed by atoms with van der Waals surface area (Å²) in [5.74, 6) is 0. The highest BCUT2D eigenvalue weighted by Crippen LogP contribution is 2.16. The van der Waals surface area contributed by atoms with Gasteiger partial charge in [0.2, 0.25) is 0 Å². The average Bonchev–Trinajstić information content (AvgIpc) is 2.50. The number of benzene rings is 2. The van der Waals surface area contributed by atoms with Crippen molar-refractivity contribution in [3.63, 3.8) is 0 Å². The van der Waals surface area contributed by atoms with E-state index < -0.39 is 0 Å². The van der Waals surface area contributed by atoms with Gasteiger partial charge in [-0.05, 0) is 42.0 Å². The minimum Gasteiger partial charge on any atom is -0.350 e. The summed E-state index contributed by atoms with van der Waals surface area (Å²) >= 11 is 9.50. The number of hydrogen-bond donors (Lipinski definition) is 0. The Bertz CT molecular complexity index is 929. The number of aromatic nitrogens is 1. The van der Waals surface area contributed by atoms with Crippen molar-refractivity contribution in [3.8, 4) is 0 Å². The Morgan fingerprint density at radius 1 is 1.14 bits per heavy atom. The van der Waals surface area contributed by atoms with Crippen molar-refractivity contribution in [2.75, 3.05) is 0 Å². The molecule has 0 unspecified atom stereocenters. The van der Waals surface area contributed by atoms with Crippen LogP contribution in [0, 0.1) is 0 Å². The van der Waals surface area contributed by atoms with Crippen LogP contribution >= 0.6 is 27.5 Å². The molecule has 1 heterocycles. The molecule has 0 N–H and O–H groups in total. The van der Waals surface area contributed by atoms with Gasteiger partial charge < -0.3 is 4.57 Å². The third-order valence-electron chi connectivity index (χ3n) is 3.29. The van der Waals surface area contributed by atoms with E-state index in [1.54, 1.807) is 6.21 Å². The predicted octanol–water partition coefficient (Wildman–Crippen LogP) is 4.53. The van der Waals surface area contributed by atoms with Crippen LogP contribution in [-0.2, 0) is 7.05 Å². The smallest absolute Gasteiger partial charge is 0.0964 e. The van der Waals surface area contributed by atoms with Crippen molar-refractivity contribution in [1.82, 2.24) is 4.57 Å². The molecule has 0 spiro atoms. The maximum Gasteiger partial charge on any atom is 0.0964 e. The molecule has 0 aliphatic carbocycles. The first-order valence-corrected chi connectivity index (χ1v) is 7.88. The van der Waals surface area contributed by atoms with Crippen molar-refractivity contribution in [3.05, 3.63) is 75.1 Å². The molecular formula is C17H13BrClN3. The normalized spacial score (nSPS) is 12.4. The first-order chi connectivity index (χ1) is 10.6. The number of hydrogen-bond acceptors (Lipinski definition) is 2. The van der Waals surface area contributed by atoms with E-state index in [2.05, 4.69) is 26.1 Å². The Labute approximate surface area is 141 Å². The molecule has 3 rings (SSSR count). The monoisotopic (exact) mass is 373 g/mol. The maximum atomic E-state index is 6.06. The van der Waals surface area contributed by atoms with E-state index in [1.165, 1.54) is 0 Å². The van der Waals surface area contributed by atoms with Crippen LogP contribution in [0.25, 0.3) is 10.9 Å². The molecule has 3 nitrogen and oxygen atoms in total. The molecule has 0 saturated heterocycles. The molecule has 110 valence electrons. The summed E-state index contributed by atoms with van der Waals surface area (Å²) in [4.78, 5) is 0. The minimum absolute atomic E-state index is 0.706. The Balaban J connectivity index is 2.05. The molecule has 0 fully saturated rings. The summed E-state index contributed by atoms with van der Waals surface area (Å²) < 4.78 is 3.03. The van der Waals surface area contributed by atoms with Gasteiger partial charge in [0.1, 0.15) is 0 Å². The second-order valence-corrected chi connectivity index (χ2v) is 6.23. The molecule has 0 bridgehead atoms. The highest BCUT2D eigenvalue weighted by atomic mass is 79.9. The lowest BCUT2D eigenvalue weighted by atomic mass is 10.2. The van der Waals surface area contributed by atoms with Crippen LogP contribution in [-0.4, -0.2) is 10.8 Å². The van der Waals surface area contributed by atoms with E-state index in [9.17, 15) is 0 Å². The van der Waals surface area contributed by atoms with E-state index in [0.717, 1.165) is 26.3 Å². The summed E-state index contributed by atoms with van der Waals surface area (Å²) in [5.41, 5.74) is 2.01. The SMILES string of the molecule is Cn1cc/c(=N\N=C\c2cccc(Br)c2)c2ccc(Cl)cc21. The lowest BCUT2D eigenvalue weighted by molar-refractivity contribution is 0.945. The van der Waals surface area contributed by atoms with Crippen LogP contribution in [0.4, 0.5) is 0 Å². The Morgan fingerprint density at radius 3 is 2.82 bits per heavy atom. The zero-order valence-corrected chi connectivity index (χ0v) is 14.2. The van der Waals surface area contributed by atoms with E-state index >= 15 is 0 Å². The molecule has 5 heteroatoms. The Morgan fingerprint density at radius 2 is 2.00 bits per heavy atom. The lowest BCUT2D eigenvalue weighted by Gasteiger charge is -2.05. The number of pyridine rings is 1. The van der Waals surface area contributed by atoms with Crippen molar-refractivity contribution in [1.29, 1.82) is 0 Å². The average molecular weight is 375 g/mol. The van der Waals surface area contributed by atoms with E-state index in [4.69, 9.17) is 11.6 Å². The highest BCUT2D eigenvalue weighted by Gasteiger charge is 1.99. The van der Waals surface area contributed by atoms with E-state index in [0.29, 0.717) is 5.02 Å². The summed E-state index contributed by atoms with van der Waals surface area (Å²) in [6.07, 6.45) is 3.69. The van der Waals surface area contributed by atoms with Gasteiger partial charge in [-0.25, -0.2) is 0 Å². The van der Waals surface area contributed by atoms with Crippen LogP contribution in [0.1, 0.15) is 5.56 Å². The van der Waals surface area contributed by atoms with E-state index in [1.807, 2.05) is 66.3 Å². The zero-order chi connectivity index (χ0) is 15.5. The van der Waals surface area contributed by atoms with Gasteiger partial charge in [0, 0.05) is 28.1 Å². The maximum absolute atomic E-state index is 6.06. The molecule has 0 saturated carbocycles. The highest BCUT2D eigenvalue weighted by molar-refractivity contribution is 9.10. The standard InChI is InChI=1S/C17H13BrClN3/c1-22-8-7-16(15-6-5-14(19)10-17(15)22)21-20-11-12-3-2-4-13(18)9-12/h2-11H,1H3/b20-11+,21-16+. The molecule has 0 radical (unpaired) electrons. The molecular weight excluding hydrogens is 362 g/mol. The van der Waals surface area contributed by atoms with E-state index in [-0.39, 0.29) is 0 Å². The molecule has 3 aromatic rings. The number of rotatable bonds is 2. The zero-order valence-electron chi connectivity index (χ0n) is 11.9. The molecule has 0 amide bonds. The Hall–Kier alpha value is -1.91. The number of nitrogens with zero attached hydrogens (tertiary/aromatic N) is 3. The van der Waals surface area contributed by atoms with Crippen LogP contribution in [0.2, 0.25) is 5.02 Å². The van der Waals surface area contributed by atoms with Crippen LogP contribution in [0.5, 0.6) is 0 Å². The number of halogens is 2. The van der Waals surface area contributed by atoms with Crippen LogP contribution in [0.15, 0.2) is 69.4 Å². The minimum atomic E-state index is 0.706. The molecule has 2 aromatic carbocycles. The van der Waals surface area contributed by atoms with Gasteiger partial charge in [-0.3, -0.25) is 0 Å². The van der Waals surface area contributed by atoms with Crippen molar-refractivity contribution >= 4 is 44.6 Å². The van der Waals surface area contributed by atoms with Gasteiger partial charge in [0.05, 0.1) is 17.1 Å². The quantitative estimate of drug-likeness (QED) is 0.466. The fraction of sp³-hybridized carbons (Fsp3) is 0.0588. The van der Waals surface area contributed by atoms with Gasteiger partial charge in [-0.15, -0.1) is 0 Å². The summed E-state index contributed by atoms with van der Waals surface area (Å²) in [6, 6.07) is 15.6. The van der Waals surface area contributed by atoms with Crippen molar-refractivity contribution in [2.45, 2.75) is 0 Å². The Kier molecular flexibility index (Phi) is 4.41. The second-order valence-electron chi connectivity index (χ2n) is 4.87. The molecule has 0 atom stereocenters. The fourth-order valence-electron chi connectivity index (χ4n) is 2.20. The summed E-state index contributed by atoms with van der Waals surface area (Å²) in [6.45, 7) is 0. The molecule has 0 aliphatic rings. The summed E-state index contributed by atoms with van der Waals surface area (Å²) in [5, 5.41) is 11.1. The van der Waals surface area contributed by atoms with Crippen LogP contribution in [0.3, 0.4) is 0 Å². The number of fused-ring (bicyclic) bond motifs is 1.